The summed E-state index contributed by atoms with van der Waals surface area (Å²) < 4.78 is 0. The normalized spacial score (nSPS) is 15.7. The van der Waals surface area contributed by atoms with E-state index in [4.69, 9.17) is 23.2 Å². The molecule has 2 aromatic rings. The van der Waals surface area contributed by atoms with Crippen LogP contribution in [-0.2, 0) is 0 Å². The van der Waals surface area contributed by atoms with Crippen LogP contribution < -0.4 is 0 Å². The number of hydrogen-bond donors (Lipinski definition) is 1. The van der Waals surface area contributed by atoms with Crippen molar-refractivity contribution >= 4 is 29.1 Å². The summed E-state index contributed by atoms with van der Waals surface area (Å²) in [4.78, 5) is 18.4. The van der Waals surface area contributed by atoms with Gasteiger partial charge in [0.2, 0.25) is 0 Å². The molecule has 0 radical (unpaired) electrons. The molecule has 1 aromatic carbocycles. The van der Waals surface area contributed by atoms with Gasteiger partial charge in [-0.3, -0.25) is 4.79 Å². The number of aromatic nitrogens is 1. The van der Waals surface area contributed by atoms with E-state index in [1.54, 1.807) is 29.2 Å². The molecule has 1 saturated heterocycles. The molecule has 0 atom stereocenters. The summed E-state index contributed by atoms with van der Waals surface area (Å²) in [5.41, 5.74) is 1.40. The van der Waals surface area contributed by atoms with Crippen molar-refractivity contribution < 1.29 is 9.90 Å². The van der Waals surface area contributed by atoms with Gasteiger partial charge in [-0.05, 0) is 48.6 Å². The third-order valence-electron chi connectivity index (χ3n) is 4.16. The number of phenolic OH excluding ortho intramolecular Hbond substituents is 1. The Morgan fingerprint density at radius 1 is 1.09 bits per heavy atom. The second-order valence-electron chi connectivity index (χ2n) is 5.62. The summed E-state index contributed by atoms with van der Waals surface area (Å²) in [5.74, 6) is 0.479. The number of piperidine rings is 1. The van der Waals surface area contributed by atoms with Gasteiger partial charge in [0.25, 0.3) is 5.91 Å². The Kier molecular flexibility index (Phi) is 4.74. The highest BCUT2D eigenvalue weighted by Crippen LogP contribution is 2.30. The number of likely N-dealkylation sites (tertiary alicyclic amines) is 1. The fraction of sp³-hybridized carbons (Fsp3) is 0.294. The van der Waals surface area contributed by atoms with E-state index in [2.05, 4.69) is 4.98 Å². The first kappa shape index (κ1) is 16.1. The van der Waals surface area contributed by atoms with Gasteiger partial charge >= 0.3 is 0 Å². The Morgan fingerprint density at radius 3 is 2.39 bits per heavy atom. The highest BCUT2D eigenvalue weighted by molar-refractivity contribution is 6.34. The Morgan fingerprint density at radius 2 is 1.74 bits per heavy atom. The van der Waals surface area contributed by atoms with Crippen molar-refractivity contribution in [2.45, 2.75) is 18.8 Å². The molecule has 0 aliphatic carbocycles. The Bertz CT molecular complexity index is 711. The van der Waals surface area contributed by atoms with Crippen LogP contribution >= 0.6 is 23.2 Å². The topological polar surface area (TPSA) is 53.4 Å². The van der Waals surface area contributed by atoms with Crippen molar-refractivity contribution in [3.8, 4) is 5.75 Å². The maximum atomic E-state index is 12.5. The average molecular weight is 351 g/mol. The summed E-state index contributed by atoms with van der Waals surface area (Å²) in [6.45, 7) is 1.30. The number of rotatable bonds is 2. The van der Waals surface area contributed by atoms with Crippen molar-refractivity contribution in [2.75, 3.05) is 13.1 Å². The lowest BCUT2D eigenvalue weighted by Crippen LogP contribution is -2.38. The lowest BCUT2D eigenvalue weighted by atomic mass is 9.89. The van der Waals surface area contributed by atoms with Gasteiger partial charge in [-0.1, -0.05) is 35.3 Å². The molecule has 1 fully saturated rings. The number of carbonyl (C=O) groups is 1. The van der Waals surface area contributed by atoms with Crippen molar-refractivity contribution in [2.24, 2.45) is 0 Å². The van der Waals surface area contributed by atoms with Crippen LogP contribution in [0.1, 0.15) is 34.8 Å². The predicted octanol–water partition coefficient (Wildman–Crippen LogP) is 4.11. The zero-order valence-electron chi connectivity index (χ0n) is 12.4. The van der Waals surface area contributed by atoms with Gasteiger partial charge in [-0.2, -0.15) is 0 Å². The summed E-state index contributed by atoms with van der Waals surface area (Å²) in [7, 11) is 0. The number of amides is 1. The molecule has 23 heavy (non-hydrogen) atoms. The average Bonchev–Trinajstić information content (AvgIpc) is 2.57. The first-order valence-corrected chi connectivity index (χ1v) is 8.20. The van der Waals surface area contributed by atoms with Gasteiger partial charge in [-0.15, -0.1) is 0 Å². The smallest absolute Gasteiger partial charge is 0.274 e. The van der Waals surface area contributed by atoms with Crippen LogP contribution in [0.15, 0.2) is 36.4 Å². The quantitative estimate of drug-likeness (QED) is 0.829. The largest absolute Gasteiger partial charge is 0.508 e. The highest BCUT2D eigenvalue weighted by atomic mass is 35.5. The second-order valence-corrected chi connectivity index (χ2v) is 6.42. The third-order valence-corrected chi connectivity index (χ3v) is 4.68. The fourth-order valence-electron chi connectivity index (χ4n) is 2.88. The van der Waals surface area contributed by atoms with Crippen molar-refractivity contribution in [3.05, 3.63) is 57.8 Å². The molecule has 4 nitrogen and oxygen atoms in total. The van der Waals surface area contributed by atoms with Crippen LogP contribution in [0.3, 0.4) is 0 Å². The molecule has 0 spiro atoms. The predicted molar refractivity (Wildman–Crippen MR) is 90.2 cm³/mol. The van der Waals surface area contributed by atoms with Crippen LogP contribution in [0.4, 0.5) is 0 Å². The van der Waals surface area contributed by atoms with Crippen LogP contribution in [-0.4, -0.2) is 34.0 Å². The van der Waals surface area contributed by atoms with Gasteiger partial charge in [0, 0.05) is 13.1 Å². The van der Waals surface area contributed by atoms with Crippen molar-refractivity contribution in [1.82, 2.24) is 9.88 Å². The Balaban J connectivity index is 1.67. The van der Waals surface area contributed by atoms with Crippen molar-refractivity contribution in [1.29, 1.82) is 0 Å². The van der Waals surface area contributed by atoms with Crippen LogP contribution in [0.2, 0.25) is 10.2 Å². The Hall–Kier alpha value is -1.78. The van der Waals surface area contributed by atoms with Crippen LogP contribution in [0, 0.1) is 0 Å². The maximum absolute atomic E-state index is 12.5. The van der Waals surface area contributed by atoms with Gasteiger partial charge < -0.3 is 10.0 Å². The molecule has 0 bridgehead atoms. The molecule has 0 unspecified atom stereocenters. The SMILES string of the molecule is O=C(c1nc(Cl)ccc1Cl)N1CCC(c2ccc(O)cc2)CC1. The van der Waals surface area contributed by atoms with E-state index in [0.717, 1.165) is 12.8 Å². The Labute approximate surface area is 144 Å². The zero-order valence-corrected chi connectivity index (χ0v) is 13.9. The van der Waals surface area contributed by atoms with Gasteiger partial charge in [0.15, 0.2) is 0 Å². The molecular formula is C17H16Cl2N2O2. The highest BCUT2D eigenvalue weighted by Gasteiger charge is 2.26. The number of halogens is 2. The van der Waals surface area contributed by atoms with Gasteiger partial charge in [0.1, 0.15) is 16.6 Å². The number of pyridine rings is 1. The lowest BCUT2D eigenvalue weighted by Gasteiger charge is -2.32. The summed E-state index contributed by atoms with van der Waals surface area (Å²) in [6.07, 6.45) is 1.74. The number of hydrogen-bond acceptors (Lipinski definition) is 3. The summed E-state index contributed by atoms with van der Waals surface area (Å²) in [6, 6.07) is 10.4. The molecule has 1 N–H and O–H groups in total. The van der Waals surface area contributed by atoms with E-state index < -0.39 is 0 Å². The standard InChI is InChI=1S/C17H16Cl2N2O2/c18-14-5-6-15(19)20-16(14)17(23)21-9-7-12(8-10-21)11-1-3-13(22)4-2-11/h1-6,12,22H,7-10H2. The molecule has 1 aliphatic heterocycles. The summed E-state index contributed by atoms with van der Waals surface area (Å²) in [5, 5.41) is 9.94. The van der Waals surface area contributed by atoms with Crippen molar-refractivity contribution in [3.63, 3.8) is 0 Å². The molecule has 1 amide bonds. The minimum Gasteiger partial charge on any atom is -0.508 e. The molecular weight excluding hydrogens is 335 g/mol. The number of benzene rings is 1. The van der Waals surface area contributed by atoms with Crippen LogP contribution in [0.25, 0.3) is 0 Å². The molecule has 2 heterocycles. The maximum Gasteiger partial charge on any atom is 0.274 e. The minimum atomic E-state index is -0.179. The molecule has 3 rings (SSSR count). The first-order valence-electron chi connectivity index (χ1n) is 7.45. The van der Waals surface area contributed by atoms with Gasteiger partial charge in [-0.25, -0.2) is 4.98 Å². The van der Waals surface area contributed by atoms with E-state index >= 15 is 0 Å². The molecule has 1 aromatic heterocycles. The molecule has 6 heteroatoms. The van der Waals surface area contributed by atoms with E-state index in [1.165, 1.54) is 5.56 Å². The van der Waals surface area contributed by atoms with Gasteiger partial charge in [0.05, 0.1) is 5.02 Å². The monoisotopic (exact) mass is 350 g/mol. The first-order chi connectivity index (χ1) is 11.0. The van der Waals surface area contributed by atoms with Crippen LogP contribution in [0.5, 0.6) is 5.75 Å². The minimum absolute atomic E-state index is 0.179. The van der Waals surface area contributed by atoms with E-state index in [9.17, 15) is 9.90 Å². The molecule has 120 valence electrons. The molecule has 1 aliphatic rings. The second kappa shape index (κ2) is 6.77. The summed E-state index contributed by atoms with van der Waals surface area (Å²) >= 11 is 11.9. The van der Waals surface area contributed by atoms with E-state index in [0.29, 0.717) is 24.0 Å². The number of carbonyl (C=O) groups excluding carboxylic acids is 1. The zero-order chi connectivity index (χ0) is 16.4. The number of nitrogens with zero attached hydrogens (tertiary/aromatic N) is 2. The molecule has 0 saturated carbocycles. The van der Waals surface area contributed by atoms with E-state index in [1.807, 2.05) is 12.1 Å². The number of aromatic hydroxyl groups is 1. The lowest BCUT2D eigenvalue weighted by molar-refractivity contribution is 0.0707. The van der Waals surface area contributed by atoms with E-state index in [-0.39, 0.29) is 22.5 Å². The fourth-order valence-corrected chi connectivity index (χ4v) is 3.21. The number of phenols is 1. The third kappa shape index (κ3) is 3.59.